The quantitative estimate of drug-likeness (QED) is 0.752. The lowest BCUT2D eigenvalue weighted by atomic mass is 10.0. The molecule has 2 aromatic heterocycles. The molecular weight excluding hydrogens is 364 g/mol. The van der Waals surface area contributed by atoms with Gasteiger partial charge in [-0.25, -0.2) is 9.78 Å². The van der Waals surface area contributed by atoms with Crippen LogP contribution < -0.4 is 0 Å². The van der Waals surface area contributed by atoms with Crippen molar-refractivity contribution in [3.8, 4) is 10.6 Å². The van der Waals surface area contributed by atoms with Gasteiger partial charge in [0.25, 0.3) is 5.91 Å². The lowest BCUT2D eigenvalue weighted by molar-refractivity contribution is -0.160. The first-order valence-corrected chi connectivity index (χ1v) is 9.52. The van der Waals surface area contributed by atoms with E-state index in [9.17, 15) is 14.7 Å². The van der Waals surface area contributed by atoms with Crippen LogP contribution in [0.2, 0.25) is 0 Å². The lowest BCUT2D eigenvalue weighted by Gasteiger charge is -2.35. The average molecular weight is 382 g/mol. The van der Waals surface area contributed by atoms with E-state index in [1.54, 1.807) is 29.2 Å². The van der Waals surface area contributed by atoms with Crippen LogP contribution in [0.4, 0.5) is 0 Å². The van der Waals surface area contributed by atoms with E-state index in [-0.39, 0.29) is 18.6 Å². The Morgan fingerprint density at radius 2 is 2.04 bits per heavy atom. The number of carboxylic acids is 1. The summed E-state index contributed by atoms with van der Waals surface area (Å²) in [5, 5.41) is 12.0. The van der Waals surface area contributed by atoms with Gasteiger partial charge in [0, 0.05) is 11.9 Å². The van der Waals surface area contributed by atoms with E-state index in [2.05, 4.69) is 4.98 Å². The molecule has 1 aromatic carbocycles. The number of nitrogens with zero attached hydrogens (tertiary/aromatic N) is 2. The number of morpholine rings is 1. The molecule has 4 rings (SSSR count). The lowest BCUT2D eigenvalue weighted by Crippen LogP contribution is -2.51. The maximum atomic E-state index is 13.3. The molecule has 0 saturated carbocycles. The van der Waals surface area contributed by atoms with Crippen LogP contribution in [0.15, 0.2) is 47.8 Å². The Hall–Kier alpha value is -2.77. The summed E-state index contributed by atoms with van der Waals surface area (Å²) in [6.07, 6.45) is -1.35. The van der Waals surface area contributed by atoms with Crippen molar-refractivity contribution in [3.05, 3.63) is 53.4 Å². The maximum absolute atomic E-state index is 13.3. The van der Waals surface area contributed by atoms with Gasteiger partial charge in [-0.15, -0.1) is 11.3 Å². The first kappa shape index (κ1) is 17.6. The summed E-state index contributed by atoms with van der Waals surface area (Å²) in [4.78, 5) is 31.9. The Kier molecular flexibility index (Phi) is 4.63. The highest BCUT2D eigenvalue weighted by Gasteiger charge is 2.33. The number of pyridine rings is 1. The zero-order valence-corrected chi connectivity index (χ0v) is 15.5. The van der Waals surface area contributed by atoms with Crippen LogP contribution in [-0.4, -0.2) is 52.2 Å². The Balaban J connectivity index is 1.78. The first-order valence-electron chi connectivity index (χ1n) is 8.64. The van der Waals surface area contributed by atoms with Crippen LogP contribution in [-0.2, 0) is 9.53 Å². The number of carboxylic acid groups (broad SMARTS) is 1. The largest absolute Gasteiger partial charge is 0.479 e. The fourth-order valence-electron chi connectivity index (χ4n) is 3.33. The van der Waals surface area contributed by atoms with E-state index < -0.39 is 12.1 Å². The molecule has 1 aliphatic heterocycles. The average Bonchev–Trinajstić information content (AvgIpc) is 3.21. The topological polar surface area (TPSA) is 79.7 Å². The Morgan fingerprint density at radius 3 is 2.78 bits per heavy atom. The van der Waals surface area contributed by atoms with Gasteiger partial charge in [-0.3, -0.25) is 4.79 Å². The van der Waals surface area contributed by atoms with E-state index in [0.717, 1.165) is 21.5 Å². The number of benzene rings is 1. The van der Waals surface area contributed by atoms with Gasteiger partial charge in [0.05, 0.1) is 34.3 Å². The van der Waals surface area contributed by atoms with Gasteiger partial charge in [-0.2, -0.15) is 0 Å². The molecule has 0 aliphatic carbocycles. The smallest absolute Gasteiger partial charge is 0.334 e. The summed E-state index contributed by atoms with van der Waals surface area (Å²) in [7, 11) is 0. The molecule has 138 valence electrons. The van der Waals surface area contributed by atoms with Gasteiger partial charge < -0.3 is 14.7 Å². The highest BCUT2D eigenvalue weighted by Crippen LogP contribution is 2.29. The fraction of sp³-hybridized carbons (Fsp3) is 0.250. The minimum atomic E-state index is -1.06. The van der Waals surface area contributed by atoms with Gasteiger partial charge in [-0.1, -0.05) is 24.3 Å². The number of hydrogen-bond acceptors (Lipinski definition) is 5. The number of aliphatic carboxylic acids is 1. The molecule has 3 heterocycles. The van der Waals surface area contributed by atoms with Gasteiger partial charge in [0.15, 0.2) is 6.10 Å². The van der Waals surface area contributed by atoms with Crippen molar-refractivity contribution in [3.63, 3.8) is 0 Å². The Bertz CT molecular complexity index is 1000. The van der Waals surface area contributed by atoms with Crippen LogP contribution in [0.3, 0.4) is 0 Å². The summed E-state index contributed by atoms with van der Waals surface area (Å²) >= 11 is 1.56. The van der Waals surface area contributed by atoms with Crippen molar-refractivity contribution in [1.82, 2.24) is 9.88 Å². The highest BCUT2D eigenvalue weighted by atomic mass is 32.1. The summed E-state index contributed by atoms with van der Waals surface area (Å²) in [6, 6.07) is 13.2. The van der Waals surface area contributed by atoms with Crippen molar-refractivity contribution in [2.45, 2.75) is 19.1 Å². The molecule has 27 heavy (non-hydrogen) atoms. The van der Waals surface area contributed by atoms with E-state index in [1.807, 2.05) is 41.8 Å². The third kappa shape index (κ3) is 3.43. The van der Waals surface area contributed by atoms with Crippen LogP contribution in [0.5, 0.6) is 0 Å². The second kappa shape index (κ2) is 7.09. The highest BCUT2D eigenvalue weighted by molar-refractivity contribution is 7.13. The number of amides is 1. The SMILES string of the molecule is C[C@@H]1CN(C(=O)c2cc(-c3cccs3)nc3ccccc23)CC(C(=O)O)O1. The summed E-state index contributed by atoms with van der Waals surface area (Å²) in [5.74, 6) is -1.26. The van der Waals surface area contributed by atoms with E-state index >= 15 is 0 Å². The standard InChI is InChI=1S/C20H18N2O4S/c1-12-10-22(11-17(26-12)20(24)25)19(23)14-9-16(18-7-4-8-27-18)21-15-6-3-2-5-13(14)15/h2-9,12,17H,10-11H2,1H3,(H,24,25)/t12-,17?/m1/s1. The molecular formula is C20H18N2O4S. The number of rotatable bonds is 3. The molecule has 0 bridgehead atoms. The Labute approximate surface area is 160 Å². The molecule has 3 aromatic rings. The monoisotopic (exact) mass is 382 g/mol. The van der Waals surface area contributed by atoms with Crippen LogP contribution in [0.25, 0.3) is 21.5 Å². The molecule has 7 heteroatoms. The third-order valence-electron chi connectivity index (χ3n) is 4.54. The van der Waals surface area contributed by atoms with Gasteiger partial charge in [0.1, 0.15) is 0 Å². The number of aromatic nitrogens is 1. The summed E-state index contributed by atoms with van der Waals surface area (Å²) in [6.45, 7) is 2.16. The van der Waals surface area contributed by atoms with Gasteiger partial charge in [0.2, 0.25) is 0 Å². The van der Waals surface area contributed by atoms with Crippen LogP contribution in [0, 0.1) is 0 Å². The third-order valence-corrected chi connectivity index (χ3v) is 5.44. The van der Waals surface area contributed by atoms with Crippen LogP contribution in [0.1, 0.15) is 17.3 Å². The molecule has 1 fully saturated rings. The summed E-state index contributed by atoms with van der Waals surface area (Å²) < 4.78 is 5.43. The van der Waals surface area contributed by atoms with Crippen molar-refractivity contribution < 1.29 is 19.4 Å². The van der Waals surface area contributed by atoms with Gasteiger partial charge >= 0.3 is 5.97 Å². The molecule has 1 N–H and O–H groups in total. The molecule has 1 amide bonds. The molecule has 1 aliphatic rings. The number of hydrogen-bond donors (Lipinski definition) is 1. The molecule has 2 atom stereocenters. The predicted molar refractivity (Wildman–Crippen MR) is 103 cm³/mol. The summed E-state index contributed by atoms with van der Waals surface area (Å²) in [5.41, 5.74) is 2.01. The molecule has 6 nitrogen and oxygen atoms in total. The number of fused-ring (bicyclic) bond motifs is 1. The molecule has 1 saturated heterocycles. The van der Waals surface area contributed by atoms with Crippen molar-refractivity contribution >= 4 is 34.1 Å². The number of ether oxygens (including phenoxy) is 1. The number of carbonyl (C=O) groups excluding carboxylic acids is 1. The van der Waals surface area contributed by atoms with Crippen molar-refractivity contribution in [2.24, 2.45) is 0 Å². The molecule has 1 unspecified atom stereocenters. The van der Waals surface area contributed by atoms with E-state index in [4.69, 9.17) is 4.74 Å². The number of para-hydroxylation sites is 1. The van der Waals surface area contributed by atoms with Gasteiger partial charge in [-0.05, 0) is 30.5 Å². The molecule has 0 spiro atoms. The normalized spacial score (nSPS) is 20.0. The van der Waals surface area contributed by atoms with Crippen molar-refractivity contribution in [1.29, 1.82) is 0 Å². The zero-order valence-electron chi connectivity index (χ0n) is 14.7. The van der Waals surface area contributed by atoms with E-state index in [1.165, 1.54) is 0 Å². The molecule has 0 radical (unpaired) electrons. The second-order valence-corrected chi connectivity index (χ2v) is 7.48. The maximum Gasteiger partial charge on any atom is 0.334 e. The minimum Gasteiger partial charge on any atom is -0.479 e. The second-order valence-electron chi connectivity index (χ2n) is 6.53. The first-order chi connectivity index (χ1) is 13.0. The van der Waals surface area contributed by atoms with Crippen molar-refractivity contribution in [2.75, 3.05) is 13.1 Å². The predicted octanol–water partition coefficient (Wildman–Crippen LogP) is 3.28. The Morgan fingerprint density at radius 1 is 1.22 bits per heavy atom. The zero-order chi connectivity index (χ0) is 19.0. The van der Waals surface area contributed by atoms with Crippen LogP contribution >= 0.6 is 11.3 Å². The minimum absolute atomic E-state index is 0.0312. The number of thiophene rings is 1. The van der Waals surface area contributed by atoms with E-state index in [0.29, 0.717) is 12.1 Å². The fourth-order valence-corrected chi connectivity index (χ4v) is 4.01. The number of carbonyl (C=O) groups is 2.